The largest absolute Gasteiger partial charge is 0.486 e. The Hall–Kier alpha value is -4.06. The molecule has 3 aromatic carbocycles. The molecule has 1 atom stereocenters. The lowest BCUT2D eigenvalue weighted by Crippen LogP contribution is -2.27. The maximum Gasteiger partial charge on any atom is 0.252 e. The lowest BCUT2D eigenvalue weighted by molar-refractivity contribution is 0.0941. The third-order valence-electron chi connectivity index (χ3n) is 6.22. The van der Waals surface area contributed by atoms with E-state index in [9.17, 15) is 4.79 Å². The Labute approximate surface area is 205 Å². The van der Waals surface area contributed by atoms with Gasteiger partial charge in [0, 0.05) is 11.1 Å². The lowest BCUT2D eigenvalue weighted by Gasteiger charge is -2.21. The second kappa shape index (κ2) is 9.66. The number of ether oxygens (including phenoxy) is 2. The van der Waals surface area contributed by atoms with E-state index in [2.05, 4.69) is 36.6 Å². The van der Waals surface area contributed by atoms with E-state index in [1.165, 1.54) is 5.56 Å². The topological polar surface area (TPSA) is 72.5 Å². The zero-order valence-electron chi connectivity index (χ0n) is 20.2. The Balaban J connectivity index is 1.41. The van der Waals surface area contributed by atoms with Gasteiger partial charge in [-0.25, -0.2) is 4.98 Å². The summed E-state index contributed by atoms with van der Waals surface area (Å²) in [6, 6.07) is 23.3. The number of benzene rings is 3. The minimum absolute atomic E-state index is 0.163. The summed E-state index contributed by atoms with van der Waals surface area (Å²) in [5.74, 6) is 2.37. The number of nitrogens with one attached hydrogen (secondary N) is 2. The summed E-state index contributed by atoms with van der Waals surface area (Å²) in [4.78, 5) is 18.2. The van der Waals surface area contributed by atoms with E-state index in [0.29, 0.717) is 36.3 Å². The highest BCUT2D eigenvalue weighted by Gasteiger charge is 2.19. The number of carbonyl (C=O) groups is 1. The summed E-state index contributed by atoms with van der Waals surface area (Å²) in [6.07, 6.45) is 0. The molecule has 1 aromatic heterocycles. The van der Waals surface area contributed by atoms with Crippen molar-refractivity contribution in [2.75, 3.05) is 18.5 Å². The minimum atomic E-state index is -0.217. The molecule has 178 valence electrons. The first-order valence-electron chi connectivity index (χ1n) is 11.9. The van der Waals surface area contributed by atoms with Crippen molar-refractivity contribution in [3.05, 3.63) is 89.5 Å². The number of aromatic nitrogens is 1. The quantitative estimate of drug-likeness (QED) is 0.345. The predicted octanol–water partition coefficient (Wildman–Crippen LogP) is 6.36. The van der Waals surface area contributed by atoms with Crippen molar-refractivity contribution >= 4 is 28.3 Å². The fourth-order valence-electron chi connectivity index (χ4n) is 4.21. The molecule has 35 heavy (non-hydrogen) atoms. The number of rotatable bonds is 6. The number of fused-ring (bicyclic) bond motifs is 2. The Morgan fingerprint density at radius 3 is 2.34 bits per heavy atom. The molecule has 1 amide bonds. The van der Waals surface area contributed by atoms with Gasteiger partial charge in [-0.15, -0.1) is 0 Å². The van der Waals surface area contributed by atoms with Crippen LogP contribution >= 0.6 is 0 Å². The van der Waals surface area contributed by atoms with Crippen LogP contribution in [0, 0.1) is 0 Å². The van der Waals surface area contributed by atoms with E-state index >= 15 is 0 Å². The molecule has 2 N–H and O–H groups in total. The number of carbonyl (C=O) groups excluding carboxylic acids is 1. The van der Waals surface area contributed by atoms with Crippen molar-refractivity contribution in [1.29, 1.82) is 0 Å². The van der Waals surface area contributed by atoms with Gasteiger partial charge in [0.1, 0.15) is 19.0 Å². The van der Waals surface area contributed by atoms with Crippen molar-refractivity contribution in [1.82, 2.24) is 10.3 Å². The van der Waals surface area contributed by atoms with Crippen LogP contribution in [0.25, 0.3) is 10.9 Å². The fourth-order valence-corrected chi connectivity index (χ4v) is 4.21. The van der Waals surface area contributed by atoms with Crippen molar-refractivity contribution in [3.8, 4) is 11.5 Å². The van der Waals surface area contributed by atoms with Crippen LogP contribution in [0.2, 0.25) is 0 Å². The summed E-state index contributed by atoms with van der Waals surface area (Å²) in [5.41, 5.74) is 4.47. The summed E-state index contributed by atoms with van der Waals surface area (Å²) in [6.45, 7) is 7.37. The average Bonchev–Trinajstić information content (AvgIpc) is 2.88. The molecule has 0 saturated carbocycles. The molecule has 0 spiro atoms. The molecule has 0 bridgehead atoms. The summed E-state index contributed by atoms with van der Waals surface area (Å²) < 4.78 is 11.3. The van der Waals surface area contributed by atoms with E-state index < -0.39 is 0 Å². The number of hydrogen-bond acceptors (Lipinski definition) is 5. The number of nitrogens with zero attached hydrogens (tertiary/aromatic N) is 1. The van der Waals surface area contributed by atoms with Gasteiger partial charge in [0.2, 0.25) is 0 Å². The van der Waals surface area contributed by atoms with Gasteiger partial charge in [-0.2, -0.15) is 0 Å². The second-order valence-corrected chi connectivity index (χ2v) is 9.07. The van der Waals surface area contributed by atoms with E-state index in [1.54, 1.807) is 0 Å². The van der Waals surface area contributed by atoms with Crippen LogP contribution in [0.3, 0.4) is 0 Å². The van der Waals surface area contributed by atoms with Gasteiger partial charge in [0.15, 0.2) is 11.5 Å². The third-order valence-corrected chi connectivity index (χ3v) is 6.22. The Morgan fingerprint density at radius 2 is 1.57 bits per heavy atom. The molecule has 0 aliphatic carbocycles. The molecule has 0 saturated heterocycles. The molecule has 6 nitrogen and oxygen atoms in total. The molecule has 1 aliphatic rings. The van der Waals surface area contributed by atoms with Crippen LogP contribution in [0.15, 0.2) is 72.8 Å². The smallest absolute Gasteiger partial charge is 0.252 e. The standard InChI is InChI=1S/C29H29N3O3/c1-18(2)20-8-11-22(12-9-20)31-28-17-24(23-6-4-5-7-25(23)32-28)29(33)30-19(3)21-10-13-26-27(16-21)35-15-14-34-26/h4-13,16-19H,14-15H2,1-3H3,(H,30,33)(H,31,32). The van der Waals surface area contributed by atoms with Crippen molar-refractivity contribution in [2.45, 2.75) is 32.7 Å². The Bertz CT molecular complexity index is 1370. The van der Waals surface area contributed by atoms with Crippen LogP contribution in [0.5, 0.6) is 11.5 Å². The van der Waals surface area contributed by atoms with Crippen LogP contribution in [-0.4, -0.2) is 24.1 Å². The maximum absolute atomic E-state index is 13.4. The molecule has 4 aromatic rings. The first-order valence-corrected chi connectivity index (χ1v) is 11.9. The van der Waals surface area contributed by atoms with Gasteiger partial charge >= 0.3 is 0 Å². The zero-order chi connectivity index (χ0) is 24.4. The number of para-hydroxylation sites is 1. The van der Waals surface area contributed by atoms with E-state index in [0.717, 1.165) is 27.9 Å². The summed E-state index contributed by atoms with van der Waals surface area (Å²) >= 11 is 0. The molecule has 5 rings (SSSR count). The zero-order valence-corrected chi connectivity index (χ0v) is 20.2. The van der Waals surface area contributed by atoms with Crippen LogP contribution in [0.1, 0.15) is 54.2 Å². The number of anilines is 2. The van der Waals surface area contributed by atoms with Gasteiger partial charge < -0.3 is 20.1 Å². The first kappa shape index (κ1) is 22.7. The van der Waals surface area contributed by atoms with Gasteiger partial charge in [-0.3, -0.25) is 4.79 Å². The first-order chi connectivity index (χ1) is 17.0. The molecule has 1 aliphatic heterocycles. The molecular weight excluding hydrogens is 438 g/mol. The van der Waals surface area contributed by atoms with Crippen molar-refractivity contribution in [2.24, 2.45) is 0 Å². The van der Waals surface area contributed by atoms with Gasteiger partial charge in [-0.1, -0.05) is 50.2 Å². The minimum Gasteiger partial charge on any atom is -0.486 e. The van der Waals surface area contributed by atoms with Gasteiger partial charge in [0.05, 0.1) is 17.1 Å². The second-order valence-electron chi connectivity index (χ2n) is 9.07. The molecule has 0 radical (unpaired) electrons. The van der Waals surface area contributed by atoms with Crippen LogP contribution in [-0.2, 0) is 0 Å². The SMILES string of the molecule is CC(C)c1ccc(Nc2cc(C(=O)NC(C)c3ccc4c(c3)OCCO4)c3ccccc3n2)cc1. The third kappa shape index (κ3) is 4.92. The monoisotopic (exact) mass is 467 g/mol. The van der Waals surface area contributed by atoms with Gasteiger partial charge in [0.25, 0.3) is 5.91 Å². The molecule has 0 fully saturated rings. The predicted molar refractivity (Wildman–Crippen MR) is 139 cm³/mol. The molecule has 6 heteroatoms. The highest BCUT2D eigenvalue weighted by Crippen LogP contribution is 2.33. The van der Waals surface area contributed by atoms with E-state index in [1.807, 2.05) is 67.6 Å². The summed E-state index contributed by atoms with van der Waals surface area (Å²) in [7, 11) is 0. The van der Waals surface area contributed by atoms with E-state index in [4.69, 9.17) is 14.5 Å². The van der Waals surface area contributed by atoms with Crippen molar-refractivity contribution in [3.63, 3.8) is 0 Å². The Morgan fingerprint density at radius 1 is 0.857 bits per heavy atom. The Kier molecular flexibility index (Phi) is 6.27. The highest BCUT2D eigenvalue weighted by atomic mass is 16.6. The molecular formula is C29H29N3O3. The van der Waals surface area contributed by atoms with Crippen LogP contribution in [0.4, 0.5) is 11.5 Å². The average molecular weight is 468 g/mol. The van der Waals surface area contributed by atoms with Crippen molar-refractivity contribution < 1.29 is 14.3 Å². The highest BCUT2D eigenvalue weighted by molar-refractivity contribution is 6.07. The van der Waals surface area contributed by atoms with Gasteiger partial charge in [-0.05, 0) is 60.4 Å². The molecule has 1 unspecified atom stereocenters. The van der Waals surface area contributed by atoms with Crippen LogP contribution < -0.4 is 20.1 Å². The maximum atomic E-state index is 13.4. The van der Waals surface area contributed by atoms with E-state index in [-0.39, 0.29) is 11.9 Å². The molecule has 2 heterocycles. The normalized spacial score (nSPS) is 13.5. The number of amides is 1. The fraction of sp³-hybridized carbons (Fsp3) is 0.241. The number of pyridine rings is 1. The lowest BCUT2D eigenvalue weighted by atomic mass is 10.0. The summed E-state index contributed by atoms with van der Waals surface area (Å²) in [5, 5.41) is 7.29. The number of hydrogen-bond donors (Lipinski definition) is 2.